The van der Waals surface area contributed by atoms with Gasteiger partial charge in [-0.2, -0.15) is 0 Å². The van der Waals surface area contributed by atoms with E-state index in [-0.39, 0.29) is 6.61 Å². The molecule has 0 aliphatic rings. The van der Waals surface area contributed by atoms with Crippen LogP contribution in [0, 0.1) is 0 Å². The molecule has 80 valence electrons. The van der Waals surface area contributed by atoms with E-state index in [0.717, 1.165) is 20.1 Å². The molecule has 0 aliphatic heterocycles. The summed E-state index contributed by atoms with van der Waals surface area (Å²) in [7, 11) is 1.60. The second kappa shape index (κ2) is 4.15. The van der Waals surface area contributed by atoms with E-state index in [9.17, 15) is 0 Å². The first-order chi connectivity index (χ1) is 7.17. The number of halogens is 2. The summed E-state index contributed by atoms with van der Waals surface area (Å²) in [5.41, 5.74) is 0.701. The van der Waals surface area contributed by atoms with Gasteiger partial charge in [-0.05, 0) is 44.0 Å². The lowest BCUT2D eigenvalue weighted by Gasteiger charge is -2.04. The lowest BCUT2D eigenvalue weighted by atomic mass is 10.2. The Hall–Kier alpha value is -0.520. The number of furan rings is 1. The van der Waals surface area contributed by atoms with E-state index in [2.05, 4.69) is 31.9 Å². The van der Waals surface area contributed by atoms with Gasteiger partial charge >= 0.3 is 0 Å². The quantitative estimate of drug-likeness (QED) is 0.913. The highest BCUT2D eigenvalue weighted by atomic mass is 79.9. The molecule has 5 heteroatoms. The minimum absolute atomic E-state index is 0.115. The van der Waals surface area contributed by atoms with Crippen LogP contribution in [-0.4, -0.2) is 12.2 Å². The lowest BCUT2D eigenvalue weighted by molar-refractivity contribution is 0.251. The highest BCUT2D eigenvalue weighted by Crippen LogP contribution is 2.39. The Morgan fingerprint density at radius 1 is 1.40 bits per heavy atom. The van der Waals surface area contributed by atoms with Crippen LogP contribution in [-0.2, 0) is 6.61 Å². The van der Waals surface area contributed by atoms with Crippen LogP contribution in [0.2, 0.25) is 0 Å². The van der Waals surface area contributed by atoms with Crippen LogP contribution in [0.4, 0.5) is 0 Å². The van der Waals surface area contributed by atoms with E-state index >= 15 is 0 Å². The number of aliphatic hydroxyl groups excluding tert-OH is 1. The van der Waals surface area contributed by atoms with Gasteiger partial charge in [0.2, 0.25) is 0 Å². The maximum atomic E-state index is 8.99. The smallest absolute Gasteiger partial charge is 0.149 e. The molecule has 0 amide bonds. The first-order valence-electron chi connectivity index (χ1n) is 4.22. The fourth-order valence-corrected chi connectivity index (χ4v) is 2.46. The zero-order valence-corrected chi connectivity index (χ0v) is 11.1. The maximum Gasteiger partial charge on any atom is 0.149 e. The molecule has 2 aromatic rings. The minimum Gasteiger partial charge on any atom is -0.496 e. The van der Waals surface area contributed by atoms with E-state index in [4.69, 9.17) is 14.3 Å². The molecule has 0 aliphatic carbocycles. The zero-order chi connectivity index (χ0) is 11.0. The van der Waals surface area contributed by atoms with Crippen molar-refractivity contribution in [3.63, 3.8) is 0 Å². The van der Waals surface area contributed by atoms with Crippen molar-refractivity contribution < 1.29 is 14.3 Å². The summed E-state index contributed by atoms with van der Waals surface area (Å²) in [5, 5.41) is 9.87. The number of aliphatic hydroxyl groups is 1. The van der Waals surface area contributed by atoms with Crippen LogP contribution < -0.4 is 4.74 Å². The van der Waals surface area contributed by atoms with Crippen molar-refractivity contribution in [1.29, 1.82) is 0 Å². The van der Waals surface area contributed by atoms with Crippen molar-refractivity contribution in [2.75, 3.05) is 7.11 Å². The van der Waals surface area contributed by atoms with Gasteiger partial charge in [0.15, 0.2) is 0 Å². The fourth-order valence-electron chi connectivity index (χ4n) is 1.39. The van der Waals surface area contributed by atoms with Crippen molar-refractivity contribution >= 4 is 42.8 Å². The van der Waals surface area contributed by atoms with Crippen molar-refractivity contribution in [3.8, 4) is 5.75 Å². The Bertz CT molecular complexity index is 505. The average molecular weight is 336 g/mol. The SMILES string of the molecule is COc1cc(Br)c2oc(CO)cc2c1Br. The second-order valence-corrected chi connectivity index (χ2v) is 4.64. The largest absolute Gasteiger partial charge is 0.496 e. The van der Waals surface area contributed by atoms with Gasteiger partial charge in [-0.1, -0.05) is 0 Å². The van der Waals surface area contributed by atoms with Gasteiger partial charge in [0, 0.05) is 5.39 Å². The Kier molecular flexibility index (Phi) is 3.04. The minimum atomic E-state index is -0.115. The molecular weight excluding hydrogens is 328 g/mol. The number of rotatable bonds is 2. The molecular formula is C10H8Br2O3. The third kappa shape index (κ3) is 1.79. The van der Waals surface area contributed by atoms with Crippen LogP contribution in [0.5, 0.6) is 5.75 Å². The van der Waals surface area contributed by atoms with Crippen LogP contribution in [0.25, 0.3) is 11.0 Å². The molecule has 0 fully saturated rings. The maximum absolute atomic E-state index is 8.99. The van der Waals surface area contributed by atoms with Crippen molar-refractivity contribution in [2.24, 2.45) is 0 Å². The molecule has 1 aromatic heterocycles. The molecule has 1 heterocycles. The molecule has 15 heavy (non-hydrogen) atoms. The number of methoxy groups -OCH3 is 1. The number of ether oxygens (including phenoxy) is 1. The first-order valence-corrected chi connectivity index (χ1v) is 5.81. The molecule has 0 saturated carbocycles. The van der Waals surface area contributed by atoms with Crippen molar-refractivity contribution in [1.82, 2.24) is 0 Å². The van der Waals surface area contributed by atoms with Gasteiger partial charge in [-0.3, -0.25) is 0 Å². The van der Waals surface area contributed by atoms with Gasteiger partial charge in [-0.25, -0.2) is 0 Å². The molecule has 0 saturated heterocycles. The van der Waals surface area contributed by atoms with Crippen LogP contribution in [0.3, 0.4) is 0 Å². The summed E-state index contributed by atoms with van der Waals surface area (Å²) in [6.07, 6.45) is 0. The number of benzene rings is 1. The van der Waals surface area contributed by atoms with E-state index in [1.807, 2.05) is 6.07 Å². The third-order valence-corrected chi connectivity index (χ3v) is 3.49. The van der Waals surface area contributed by atoms with E-state index in [1.54, 1.807) is 13.2 Å². The predicted molar refractivity (Wildman–Crippen MR) is 64.1 cm³/mol. The number of fused-ring (bicyclic) bond motifs is 1. The van der Waals surface area contributed by atoms with Crippen molar-refractivity contribution in [3.05, 3.63) is 26.8 Å². The lowest BCUT2D eigenvalue weighted by Crippen LogP contribution is -1.84. The monoisotopic (exact) mass is 334 g/mol. The molecule has 1 aromatic carbocycles. The summed E-state index contributed by atoms with van der Waals surface area (Å²) >= 11 is 6.82. The second-order valence-electron chi connectivity index (χ2n) is 2.99. The topological polar surface area (TPSA) is 42.6 Å². The average Bonchev–Trinajstić information content (AvgIpc) is 2.68. The molecule has 0 unspecified atom stereocenters. The Labute approximate surface area is 103 Å². The molecule has 0 radical (unpaired) electrons. The van der Waals surface area contributed by atoms with E-state index in [0.29, 0.717) is 11.3 Å². The third-order valence-electron chi connectivity index (χ3n) is 2.09. The van der Waals surface area contributed by atoms with Crippen LogP contribution in [0.1, 0.15) is 5.76 Å². The Morgan fingerprint density at radius 3 is 2.73 bits per heavy atom. The molecule has 3 nitrogen and oxygen atoms in total. The zero-order valence-electron chi connectivity index (χ0n) is 7.88. The summed E-state index contributed by atoms with van der Waals surface area (Å²) in [6, 6.07) is 3.60. The number of hydrogen-bond acceptors (Lipinski definition) is 3. The summed E-state index contributed by atoms with van der Waals surface area (Å²) in [6.45, 7) is -0.115. The van der Waals surface area contributed by atoms with Gasteiger partial charge < -0.3 is 14.3 Å². The molecule has 2 rings (SSSR count). The Balaban J connectivity index is 2.78. The first kappa shape index (κ1) is 11.0. The highest BCUT2D eigenvalue weighted by molar-refractivity contribution is 9.11. The molecule has 0 spiro atoms. The Morgan fingerprint density at radius 2 is 2.13 bits per heavy atom. The predicted octanol–water partition coefficient (Wildman–Crippen LogP) is 3.46. The summed E-state index contributed by atoms with van der Waals surface area (Å²) in [4.78, 5) is 0. The molecule has 1 N–H and O–H groups in total. The normalized spacial score (nSPS) is 10.9. The standard InChI is InChI=1S/C10H8Br2O3/c1-14-8-3-7(11)10-6(9(8)12)2-5(4-13)15-10/h2-3,13H,4H2,1H3. The molecule has 0 bridgehead atoms. The van der Waals surface area contributed by atoms with E-state index in [1.165, 1.54) is 0 Å². The fraction of sp³-hybridized carbons (Fsp3) is 0.200. The summed E-state index contributed by atoms with van der Waals surface area (Å²) in [5.74, 6) is 1.25. The van der Waals surface area contributed by atoms with E-state index < -0.39 is 0 Å². The van der Waals surface area contributed by atoms with Gasteiger partial charge in [0.1, 0.15) is 23.7 Å². The van der Waals surface area contributed by atoms with Gasteiger partial charge in [0.05, 0.1) is 16.1 Å². The summed E-state index contributed by atoms with van der Waals surface area (Å²) < 4.78 is 12.3. The molecule has 0 atom stereocenters. The van der Waals surface area contributed by atoms with Gasteiger partial charge in [0.25, 0.3) is 0 Å². The van der Waals surface area contributed by atoms with Crippen LogP contribution >= 0.6 is 31.9 Å². The highest BCUT2D eigenvalue weighted by Gasteiger charge is 2.14. The van der Waals surface area contributed by atoms with Crippen molar-refractivity contribution in [2.45, 2.75) is 6.61 Å². The number of hydrogen-bond donors (Lipinski definition) is 1. The van der Waals surface area contributed by atoms with Crippen LogP contribution in [0.15, 0.2) is 25.5 Å². The van der Waals surface area contributed by atoms with Gasteiger partial charge in [-0.15, -0.1) is 0 Å².